The average Bonchev–Trinajstić information content (AvgIpc) is 3.47. The molecule has 0 radical (unpaired) electrons. The van der Waals surface area contributed by atoms with E-state index in [1.807, 2.05) is 41.3 Å². The second-order valence-corrected chi connectivity index (χ2v) is 12.2. The van der Waals surface area contributed by atoms with Crippen molar-refractivity contribution in [3.05, 3.63) is 71.8 Å². The minimum absolute atomic E-state index is 0.185. The molecule has 41 heavy (non-hydrogen) atoms. The summed E-state index contributed by atoms with van der Waals surface area (Å²) < 4.78 is 28.9. The standard InChI is InChI=1S/C29H37N7O4S/c30-21-32-33-22-35-16-13-24(14-17-35)19-31-28(37)27-12-7-15-36(27)29(38)26(18-23-8-3-1-4-9-23)34-41(39,40)20-25-10-5-2-6-11-25/h1-6,8-11,22,24,26-27,32,34H,7,12-20H2,(H,31,37)/t26-,27+/m1/s1. The number of hydrogen-bond donors (Lipinski definition) is 3. The summed E-state index contributed by atoms with van der Waals surface area (Å²) in [6.07, 6.45) is 6.49. The smallest absolute Gasteiger partial charge is 0.242 e. The fourth-order valence-electron chi connectivity index (χ4n) is 5.36. The van der Waals surface area contributed by atoms with Crippen molar-refractivity contribution in [2.45, 2.75) is 49.9 Å². The summed E-state index contributed by atoms with van der Waals surface area (Å²) in [5, 5.41) is 15.4. The van der Waals surface area contributed by atoms with E-state index < -0.39 is 22.1 Å². The summed E-state index contributed by atoms with van der Waals surface area (Å²) >= 11 is 0. The van der Waals surface area contributed by atoms with Crippen LogP contribution in [0.3, 0.4) is 0 Å². The number of piperidine rings is 1. The Hall–Kier alpha value is -3.95. The molecule has 2 aromatic carbocycles. The molecular formula is C29H37N7O4S. The van der Waals surface area contributed by atoms with Gasteiger partial charge >= 0.3 is 0 Å². The van der Waals surface area contributed by atoms with Crippen molar-refractivity contribution in [2.75, 3.05) is 26.2 Å². The van der Waals surface area contributed by atoms with E-state index in [2.05, 4.69) is 20.6 Å². The van der Waals surface area contributed by atoms with Gasteiger partial charge in [0.2, 0.25) is 21.8 Å². The number of benzene rings is 2. The predicted molar refractivity (Wildman–Crippen MR) is 155 cm³/mol. The summed E-state index contributed by atoms with van der Waals surface area (Å²) in [6.45, 7) is 2.46. The molecule has 0 bridgehead atoms. The normalized spacial score (nSPS) is 18.7. The molecule has 0 saturated carbocycles. The van der Waals surface area contributed by atoms with Crippen LogP contribution in [0.4, 0.5) is 0 Å². The highest BCUT2D eigenvalue weighted by Crippen LogP contribution is 2.21. The molecule has 2 aliphatic heterocycles. The van der Waals surface area contributed by atoms with Crippen molar-refractivity contribution in [1.82, 2.24) is 25.3 Å². The zero-order valence-electron chi connectivity index (χ0n) is 23.0. The van der Waals surface area contributed by atoms with Crippen LogP contribution in [-0.4, -0.2) is 74.6 Å². The number of carbonyl (C=O) groups excluding carboxylic acids is 2. The van der Waals surface area contributed by atoms with Crippen LogP contribution < -0.4 is 15.5 Å². The number of nitriles is 1. The Labute approximate surface area is 241 Å². The van der Waals surface area contributed by atoms with Gasteiger partial charge in [0.15, 0.2) is 6.19 Å². The van der Waals surface area contributed by atoms with Gasteiger partial charge in [-0.05, 0) is 49.1 Å². The number of rotatable bonds is 12. The Bertz CT molecular complexity index is 1320. The molecule has 2 atom stereocenters. The molecule has 0 spiro atoms. The van der Waals surface area contributed by atoms with Crippen LogP contribution in [0, 0.1) is 17.4 Å². The molecule has 2 aromatic rings. The molecular weight excluding hydrogens is 542 g/mol. The largest absolute Gasteiger partial charge is 0.361 e. The van der Waals surface area contributed by atoms with Gasteiger partial charge in [-0.1, -0.05) is 60.7 Å². The van der Waals surface area contributed by atoms with Gasteiger partial charge in [-0.2, -0.15) is 10.4 Å². The van der Waals surface area contributed by atoms with Crippen LogP contribution in [0.5, 0.6) is 0 Å². The van der Waals surface area contributed by atoms with Crippen LogP contribution in [0.25, 0.3) is 0 Å². The number of amides is 2. The fourth-order valence-corrected chi connectivity index (χ4v) is 6.69. The van der Waals surface area contributed by atoms with Crippen molar-refractivity contribution in [1.29, 1.82) is 5.26 Å². The zero-order chi connectivity index (χ0) is 29.1. The van der Waals surface area contributed by atoms with Crippen molar-refractivity contribution >= 4 is 28.2 Å². The number of hydrazone groups is 1. The number of hydrogen-bond acceptors (Lipinski definition) is 7. The SMILES string of the molecule is N#CNN=CN1CCC(CNC(=O)[C@@H]2CCCN2C(=O)[C@@H](Cc2ccccc2)NS(=O)(=O)Cc2ccccc2)CC1. The van der Waals surface area contributed by atoms with Crippen LogP contribution in [-0.2, 0) is 31.8 Å². The van der Waals surface area contributed by atoms with Gasteiger partial charge in [0.25, 0.3) is 0 Å². The molecule has 0 aliphatic carbocycles. The molecule has 0 unspecified atom stereocenters. The van der Waals surface area contributed by atoms with Gasteiger partial charge in [-0.3, -0.25) is 9.59 Å². The monoisotopic (exact) mass is 579 g/mol. The van der Waals surface area contributed by atoms with Crippen LogP contribution in [0.2, 0.25) is 0 Å². The van der Waals surface area contributed by atoms with Gasteiger partial charge in [0.05, 0.1) is 5.75 Å². The Morgan fingerprint density at radius 3 is 2.32 bits per heavy atom. The Morgan fingerprint density at radius 1 is 1.00 bits per heavy atom. The first-order valence-electron chi connectivity index (χ1n) is 13.9. The predicted octanol–water partition coefficient (Wildman–Crippen LogP) is 1.55. The molecule has 11 nitrogen and oxygen atoms in total. The molecule has 2 aliphatic rings. The molecule has 2 fully saturated rings. The summed E-state index contributed by atoms with van der Waals surface area (Å²) in [4.78, 5) is 30.6. The van der Waals surface area contributed by atoms with Gasteiger partial charge in [0.1, 0.15) is 18.4 Å². The van der Waals surface area contributed by atoms with Crippen LogP contribution in [0.15, 0.2) is 65.8 Å². The van der Waals surface area contributed by atoms with Crippen molar-refractivity contribution < 1.29 is 18.0 Å². The van der Waals surface area contributed by atoms with E-state index in [-0.39, 0.29) is 24.0 Å². The van der Waals surface area contributed by atoms with E-state index in [9.17, 15) is 18.0 Å². The summed E-state index contributed by atoms with van der Waals surface area (Å²) in [5.74, 6) is -0.533. The lowest BCUT2D eigenvalue weighted by atomic mass is 9.97. The van der Waals surface area contributed by atoms with E-state index in [1.54, 1.807) is 36.8 Å². The third-order valence-electron chi connectivity index (χ3n) is 7.49. The van der Waals surface area contributed by atoms with Crippen molar-refractivity contribution in [3.63, 3.8) is 0 Å². The first-order chi connectivity index (χ1) is 19.8. The highest BCUT2D eigenvalue weighted by Gasteiger charge is 2.38. The van der Waals surface area contributed by atoms with Crippen molar-refractivity contribution in [3.8, 4) is 6.19 Å². The second-order valence-electron chi connectivity index (χ2n) is 10.5. The van der Waals surface area contributed by atoms with E-state index in [0.717, 1.165) is 31.5 Å². The lowest BCUT2D eigenvalue weighted by molar-refractivity contribution is -0.139. The maximum absolute atomic E-state index is 13.8. The number of carbonyl (C=O) groups is 2. The first-order valence-corrected chi connectivity index (χ1v) is 15.6. The molecule has 12 heteroatoms. The third-order valence-corrected chi connectivity index (χ3v) is 8.85. The van der Waals surface area contributed by atoms with E-state index in [4.69, 9.17) is 5.26 Å². The second kappa shape index (κ2) is 14.6. The molecule has 218 valence electrons. The van der Waals surface area contributed by atoms with Crippen LogP contribution >= 0.6 is 0 Å². The summed E-state index contributed by atoms with van der Waals surface area (Å²) in [7, 11) is -3.83. The summed E-state index contributed by atoms with van der Waals surface area (Å²) in [5.41, 5.74) is 3.70. The highest BCUT2D eigenvalue weighted by atomic mass is 32.2. The summed E-state index contributed by atoms with van der Waals surface area (Å²) in [6, 6.07) is 16.5. The van der Waals surface area contributed by atoms with Crippen LogP contribution in [0.1, 0.15) is 36.8 Å². The Balaban J connectivity index is 1.38. The third kappa shape index (κ3) is 9.03. The van der Waals surface area contributed by atoms with Gasteiger partial charge in [-0.25, -0.2) is 18.6 Å². The molecule has 3 N–H and O–H groups in total. The number of sulfonamides is 1. The number of likely N-dealkylation sites (tertiary alicyclic amines) is 2. The van der Waals surface area contributed by atoms with Crippen molar-refractivity contribution in [2.24, 2.45) is 11.0 Å². The minimum atomic E-state index is -3.83. The number of nitrogens with zero attached hydrogens (tertiary/aromatic N) is 4. The molecule has 2 saturated heterocycles. The average molecular weight is 580 g/mol. The van der Waals surface area contributed by atoms with E-state index >= 15 is 0 Å². The lowest BCUT2D eigenvalue weighted by Gasteiger charge is -2.32. The van der Waals surface area contributed by atoms with Gasteiger partial charge < -0.3 is 15.1 Å². The van der Waals surface area contributed by atoms with E-state index in [0.29, 0.717) is 37.4 Å². The van der Waals surface area contributed by atoms with E-state index in [1.165, 1.54) is 4.90 Å². The maximum atomic E-state index is 13.8. The molecule has 2 heterocycles. The number of nitrogens with one attached hydrogen (secondary N) is 3. The molecule has 2 amide bonds. The Kier molecular flexibility index (Phi) is 10.7. The topological polar surface area (TPSA) is 147 Å². The first kappa shape index (κ1) is 30.0. The molecule has 0 aromatic heterocycles. The fraction of sp³-hybridized carbons (Fsp3) is 0.448. The van der Waals surface area contributed by atoms with Gasteiger partial charge in [-0.15, -0.1) is 0 Å². The minimum Gasteiger partial charge on any atom is -0.361 e. The lowest BCUT2D eigenvalue weighted by Crippen LogP contribution is -2.54. The zero-order valence-corrected chi connectivity index (χ0v) is 23.8. The Morgan fingerprint density at radius 2 is 1.66 bits per heavy atom. The van der Waals surface area contributed by atoms with Gasteiger partial charge in [0, 0.05) is 26.2 Å². The maximum Gasteiger partial charge on any atom is 0.242 e. The molecule has 4 rings (SSSR count). The highest BCUT2D eigenvalue weighted by molar-refractivity contribution is 7.88. The quantitative estimate of drug-likeness (QED) is 0.114.